The van der Waals surface area contributed by atoms with Crippen molar-refractivity contribution in [3.63, 3.8) is 0 Å². The Bertz CT molecular complexity index is 865. The van der Waals surface area contributed by atoms with Crippen LogP contribution in [0.4, 0.5) is 16.2 Å². The van der Waals surface area contributed by atoms with Crippen LogP contribution in [0, 0.1) is 10.1 Å². The fraction of sp³-hybridized carbons (Fsp3) is 0.222. The number of nitrogens with one attached hydrogen (secondary N) is 1. The minimum atomic E-state index is -1.12. The fourth-order valence-electron chi connectivity index (χ4n) is 3.27. The Kier molecular flexibility index (Phi) is 4.57. The predicted molar refractivity (Wildman–Crippen MR) is 94.3 cm³/mol. The van der Waals surface area contributed by atoms with Gasteiger partial charge < -0.3 is 15.3 Å². The molecule has 1 heterocycles. The van der Waals surface area contributed by atoms with Crippen molar-refractivity contribution in [2.75, 3.05) is 4.90 Å². The number of anilines is 1. The van der Waals surface area contributed by atoms with Crippen molar-refractivity contribution in [3.8, 4) is 0 Å². The molecule has 0 unspecified atom stereocenters. The van der Waals surface area contributed by atoms with Crippen molar-refractivity contribution < 1.29 is 19.6 Å². The van der Waals surface area contributed by atoms with Gasteiger partial charge in [0.15, 0.2) is 0 Å². The predicted octanol–water partition coefficient (Wildman–Crippen LogP) is 3.34. The Hall–Kier alpha value is -3.42. The molecule has 0 radical (unpaired) electrons. The van der Waals surface area contributed by atoms with E-state index < -0.39 is 17.1 Å². The molecule has 2 N–H and O–H groups in total. The minimum absolute atomic E-state index is 0.0839. The van der Waals surface area contributed by atoms with Crippen LogP contribution in [-0.4, -0.2) is 28.1 Å². The van der Waals surface area contributed by atoms with Crippen LogP contribution in [0.3, 0.4) is 0 Å². The number of para-hydroxylation sites is 1. The molecule has 0 aliphatic carbocycles. The van der Waals surface area contributed by atoms with Gasteiger partial charge in [0.05, 0.1) is 11.0 Å². The van der Waals surface area contributed by atoms with Gasteiger partial charge in [0.25, 0.3) is 11.6 Å². The summed E-state index contributed by atoms with van der Waals surface area (Å²) in [4.78, 5) is 35.9. The number of hydrogen-bond acceptors (Lipinski definition) is 4. The maximum absolute atomic E-state index is 13.0. The SMILES string of the molecule is C[C@H]1C[C@@H](NC(=O)O)c2ccccc2N1C(=O)c1ccc([N+](=O)[O-])cc1. The summed E-state index contributed by atoms with van der Waals surface area (Å²) >= 11 is 0. The molecule has 1 aliphatic rings. The van der Waals surface area contributed by atoms with Crippen molar-refractivity contribution in [3.05, 3.63) is 69.8 Å². The summed E-state index contributed by atoms with van der Waals surface area (Å²) in [5, 5.41) is 22.3. The molecule has 134 valence electrons. The second kappa shape index (κ2) is 6.83. The molecule has 2 atom stereocenters. The van der Waals surface area contributed by atoms with Crippen molar-refractivity contribution in [2.24, 2.45) is 0 Å². The number of rotatable bonds is 3. The number of nitro groups is 1. The van der Waals surface area contributed by atoms with Crippen LogP contribution in [0.5, 0.6) is 0 Å². The first-order valence-corrected chi connectivity index (χ1v) is 8.05. The molecule has 2 aromatic rings. The van der Waals surface area contributed by atoms with E-state index in [1.807, 2.05) is 6.92 Å². The maximum atomic E-state index is 13.0. The number of fused-ring (bicyclic) bond motifs is 1. The largest absolute Gasteiger partial charge is 0.465 e. The second-order valence-corrected chi connectivity index (χ2v) is 6.12. The Balaban J connectivity index is 1.97. The van der Waals surface area contributed by atoms with Crippen molar-refractivity contribution in [1.82, 2.24) is 5.32 Å². The molecule has 0 bridgehead atoms. The highest BCUT2D eigenvalue weighted by molar-refractivity contribution is 6.07. The molecule has 8 heteroatoms. The summed E-state index contributed by atoms with van der Waals surface area (Å²) in [5.74, 6) is -0.284. The van der Waals surface area contributed by atoms with Crippen LogP contribution in [-0.2, 0) is 0 Å². The van der Waals surface area contributed by atoms with Gasteiger partial charge in [0.1, 0.15) is 0 Å². The number of amides is 2. The quantitative estimate of drug-likeness (QED) is 0.647. The van der Waals surface area contributed by atoms with Crippen molar-refractivity contribution in [1.29, 1.82) is 0 Å². The maximum Gasteiger partial charge on any atom is 0.405 e. The highest BCUT2D eigenvalue weighted by Gasteiger charge is 2.34. The van der Waals surface area contributed by atoms with Crippen LogP contribution in [0.25, 0.3) is 0 Å². The number of carbonyl (C=O) groups excluding carboxylic acids is 1. The summed E-state index contributed by atoms with van der Waals surface area (Å²) in [6.45, 7) is 1.84. The van der Waals surface area contributed by atoms with E-state index in [-0.39, 0.29) is 17.6 Å². The van der Waals surface area contributed by atoms with Gasteiger partial charge in [-0.2, -0.15) is 0 Å². The standard InChI is InChI=1S/C18H17N3O5/c1-11-10-15(19-18(23)24)14-4-2-3-5-16(14)20(11)17(22)12-6-8-13(9-7-12)21(25)26/h2-9,11,15,19H,10H2,1H3,(H,23,24)/t11-,15+/m0/s1. The average Bonchev–Trinajstić information content (AvgIpc) is 2.61. The molecule has 0 fully saturated rings. The van der Waals surface area contributed by atoms with Gasteiger partial charge in [-0.25, -0.2) is 4.79 Å². The molecule has 26 heavy (non-hydrogen) atoms. The van der Waals surface area contributed by atoms with Crippen LogP contribution in [0.2, 0.25) is 0 Å². The molecular formula is C18H17N3O5. The number of carboxylic acid groups (broad SMARTS) is 1. The summed E-state index contributed by atoms with van der Waals surface area (Å²) in [6, 6.07) is 11.9. The lowest BCUT2D eigenvalue weighted by atomic mass is 9.91. The number of benzene rings is 2. The lowest BCUT2D eigenvalue weighted by Gasteiger charge is -2.39. The normalized spacial score (nSPS) is 18.7. The van der Waals surface area contributed by atoms with Gasteiger partial charge in [-0.1, -0.05) is 18.2 Å². The summed E-state index contributed by atoms with van der Waals surface area (Å²) in [7, 11) is 0. The zero-order valence-corrected chi connectivity index (χ0v) is 14.0. The topological polar surface area (TPSA) is 113 Å². The van der Waals surface area contributed by atoms with Gasteiger partial charge in [-0.3, -0.25) is 14.9 Å². The molecule has 0 saturated heterocycles. The Labute approximate surface area is 149 Å². The molecule has 3 rings (SSSR count). The van der Waals surface area contributed by atoms with E-state index in [0.29, 0.717) is 17.7 Å². The van der Waals surface area contributed by atoms with E-state index >= 15 is 0 Å². The third-order valence-electron chi connectivity index (χ3n) is 4.43. The van der Waals surface area contributed by atoms with E-state index in [2.05, 4.69) is 5.32 Å². The average molecular weight is 355 g/mol. The number of nitro benzene ring substituents is 1. The third-order valence-corrected chi connectivity index (χ3v) is 4.43. The van der Waals surface area contributed by atoms with Gasteiger partial charge >= 0.3 is 6.09 Å². The molecule has 2 amide bonds. The molecule has 0 spiro atoms. The summed E-state index contributed by atoms with van der Waals surface area (Å²) in [6.07, 6.45) is -0.686. The highest BCUT2D eigenvalue weighted by Crippen LogP contribution is 2.37. The van der Waals surface area contributed by atoms with Crippen LogP contribution in [0.15, 0.2) is 48.5 Å². The van der Waals surface area contributed by atoms with Gasteiger partial charge in [-0.05, 0) is 37.1 Å². The van der Waals surface area contributed by atoms with E-state index in [4.69, 9.17) is 5.11 Å². The van der Waals surface area contributed by atoms with E-state index in [9.17, 15) is 19.7 Å². The number of carbonyl (C=O) groups is 2. The third kappa shape index (κ3) is 3.21. The fourth-order valence-corrected chi connectivity index (χ4v) is 3.27. The van der Waals surface area contributed by atoms with E-state index in [1.54, 1.807) is 29.2 Å². The molecule has 2 aromatic carbocycles. The van der Waals surface area contributed by atoms with Crippen LogP contribution >= 0.6 is 0 Å². The van der Waals surface area contributed by atoms with Gasteiger partial charge in [0.2, 0.25) is 0 Å². The first-order chi connectivity index (χ1) is 12.4. The first kappa shape index (κ1) is 17.4. The molecule has 8 nitrogen and oxygen atoms in total. The van der Waals surface area contributed by atoms with Crippen LogP contribution in [0.1, 0.15) is 35.3 Å². The Morgan fingerprint density at radius 1 is 1.19 bits per heavy atom. The Morgan fingerprint density at radius 2 is 1.85 bits per heavy atom. The van der Waals surface area contributed by atoms with Gasteiger partial charge in [-0.15, -0.1) is 0 Å². The molecular weight excluding hydrogens is 338 g/mol. The van der Waals surface area contributed by atoms with Crippen molar-refractivity contribution >= 4 is 23.4 Å². The number of non-ortho nitro benzene ring substituents is 1. The molecule has 1 aliphatic heterocycles. The lowest BCUT2D eigenvalue weighted by Crippen LogP contribution is -2.46. The second-order valence-electron chi connectivity index (χ2n) is 6.12. The molecule has 0 saturated carbocycles. The number of hydrogen-bond donors (Lipinski definition) is 2. The highest BCUT2D eigenvalue weighted by atomic mass is 16.6. The lowest BCUT2D eigenvalue weighted by molar-refractivity contribution is -0.384. The summed E-state index contributed by atoms with van der Waals surface area (Å²) in [5.41, 5.74) is 1.61. The van der Waals surface area contributed by atoms with Gasteiger partial charge in [0, 0.05) is 29.4 Å². The smallest absolute Gasteiger partial charge is 0.405 e. The van der Waals surface area contributed by atoms with E-state index in [0.717, 1.165) is 5.56 Å². The first-order valence-electron chi connectivity index (χ1n) is 8.05. The number of nitrogens with zero attached hydrogens (tertiary/aromatic N) is 2. The monoisotopic (exact) mass is 355 g/mol. The zero-order valence-electron chi connectivity index (χ0n) is 14.0. The summed E-state index contributed by atoms with van der Waals surface area (Å²) < 4.78 is 0. The van der Waals surface area contributed by atoms with E-state index in [1.165, 1.54) is 24.3 Å². The zero-order chi connectivity index (χ0) is 18.8. The van der Waals surface area contributed by atoms with Crippen molar-refractivity contribution in [2.45, 2.75) is 25.4 Å². The Morgan fingerprint density at radius 3 is 2.46 bits per heavy atom. The minimum Gasteiger partial charge on any atom is -0.465 e. The van der Waals surface area contributed by atoms with Crippen LogP contribution < -0.4 is 10.2 Å². The molecule has 0 aromatic heterocycles.